The molecule has 0 saturated heterocycles. The molecule has 0 atom stereocenters. The summed E-state index contributed by atoms with van der Waals surface area (Å²) in [7, 11) is 0. The van der Waals surface area contributed by atoms with E-state index in [9.17, 15) is 0 Å². The van der Waals surface area contributed by atoms with Crippen molar-refractivity contribution in [2.75, 3.05) is 0 Å². The fourth-order valence-electron chi connectivity index (χ4n) is 4.25. The first kappa shape index (κ1) is 19.1. The average Bonchev–Trinajstić information content (AvgIpc) is 2.82. The van der Waals surface area contributed by atoms with E-state index in [1.54, 1.807) is 0 Å². The molecule has 6 aromatic rings. The van der Waals surface area contributed by atoms with Crippen molar-refractivity contribution in [2.24, 2.45) is 0 Å². The van der Waals surface area contributed by atoms with Gasteiger partial charge in [-0.2, -0.15) is 0 Å². The van der Waals surface area contributed by atoms with E-state index in [4.69, 9.17) is 0 Å². The van der Waals surface area contributed by atoms with Crippen LogP contribution < -0.4 is 0 Å². The van der Waals surface area contributed by atoms with Gasteiger partial charge in [-0.15, -0.1) is 6.58 Å². The van der Waals surface area contributed by atoms with Crippen LogP contribution in [0.2, 0.25) is 0 Å². The van der Waals surface area contributed by atoms with Crippen LogP contribution in [0.15, 0.2) is 128 Å². The van der Waals surface area contributed by atoms with Crippen LogP contribution in [-0.4, -0.2) is 0 Å². The van der Waals surface area contributed by atoms with E-state index in [0.29, 0.717) is 0 Å². The van der Waals surface area contributed by atoms with E-state index >= 15 is 0 Å². The minimum Gasteiger partial charge on any atom is -0.103 e. The zero-order valence-corrected chi connectivity index (χ0v) is 17.5. The summed E-state index contributed by atoms with van der Waals surface area (Å²) in [5.41, 5.74) is 1.35. The maximum Gasteiger partial charge on any atom is -0.00940 e. The van der Waals surface area contributed by atoms with Crippen molar-refractivity contribution < 1.29 is 0 Å². The standard InChI is InChI=1S/C17H14.C14H10/c1-2-6-13-9-5-10-16-11-14-7-3-4-8-15(14)12-17(13)16;1-2-6-12-10-14-8-4-3-7-13(14)9-11(12)5-1/h2-5,7-12H,1,6H2;1-10H. The third-order valence-electron chi connectivity index (χ3n) is 5.82. The van der Waals surface area contributed by atoms with E-state index in [0.717, 1.165) is 6.42 Å². The Labute approximate surface area is 183 Å². The molecule has 0 fully saturated rings. The van der Waals surface area contributed by atoms with Gasteiger partial charge in [-0.1, -0.05) is 97.1 Å². The van der Waals surface area contributed by atoms with Gasteiger partial charge in [0.1, 0.15) is 0 Å². The number of benzene rings is 6. The van der Waals surface area contributed by atoms with E-state index in [1.807, 2.05) is 6.08 Å². The van der Waals surface area contributed by atoms with Crippen molar-refractivity contribution in [3.8, 4) is 0 Å². The first-order chi connectivity index (χ1) is 15.3. The normalized spacial score (nSPS) is 10.8. The molecule has 0 aliphatic heterocycles. The molecule has 6 rings (SSSR count). The Hall–Kier alpha value is -3.90. The number of allylic oxidation sites excluding steroid dienone is 1. The first-order valence-electron chi connectivity index (χ1n) is 10.7. The fourth-order valence-corrected chi connectivity index (χ4v) is 4.25. The molecule has 0 N–H and O–H groups in total. The summed E-state index contributed by atoms with van der Waals surface area (Å²) in [6, 6.07) is 40.9. The molecule has 0 spiro atoms. The third kappa shape index (κ3) is 3.93. The lowest BCUT2D eigenvalue weighted by molar-refractivity contribution is 1.31. The summed E-state index contributed by atoms with van der Waals surface area (Å²) < 4.78 is 0. The molecule has 0 aromatic heterocycles. The van der Waals surface area contributed by atoms with Crippen LogP contribution >= 0.6 is 0 Å². The quantitative estimate of drug-likeness (QED) is 0.203. The lowest BCUT2D eigenvalue weighted by Crippen LogP contribution is -1.84. The molecule has 31 heavy (non-hydrogen) atoms. The Bertz CT molecular complexity index is 1420. The van der Waals surface area contributed by atoms with Gasteiger partial charge in [0, 0.05) is 0 Å². The maximum atomic E-state index is 3.83. The predicted octanol–water partition coefficient (Wildman–Crippen LogP) is 8.71. The molecule has 0 heterocycles. The maximum absolute atomic E-state index is 3.83. The van der Waals surface area contributed by atoms with Crippen molar-refractivity contribution in [1.29, 1.82) is 0 Å². The fraction of sp³-hybridized carbons (Fsp3) is 0.0323. The van der Waals surface area contributed by atoms with Gasteiger partial charge in [-0.3, -0.25) is 0 Å². The number of hydrogen-bond acceptors (Lipinski definition) is 0. The first-order valence-corrected chi connectivity index (χ1v) is 10.7. The van der Waals surface area contributed by atoms with Gasteiger partial charge in [0.15, 0.2) is 0 Å². The molecule has 0 amide bonds. The lowest BCUT2D eigenvalue weighted by atomic mass is 9.98. The van der Waals surface area contributed by atoms with E-state index in [-0.39, 0.29) is 0 Å². The second-order valence-corrected chi connectivity index (χ2v) is 7.88. The van der Waals surface area contributed by atoms with Gasteiger partial charge >= 0.3 is 0 Å². The Morgan fingerprint density at radius 1 is 0.452 bits per heavy atom. The minimum atomic E-state index is 0.926. The van der Waals surface area contributed by atoms with Gasteiger partial charge < -0.3 is 0 Å². The summed E-state index contributed by atoms with van der Waals surface area (Å²) in [6.07, 6.45) is 2.89. The van der Waals surface area contributed by atoms with E-state index < -0.39 is 0 Å². The van der Waals surface area contributed by atoms with Crippen LogP contribution in [0.4, 0.5) is 0 Å². The second kappa shape index (κ2) is 8.45. The van der Waals surface area contributed by atoms with Crippen LogP contribution in [0.3, 0.4) is 0 Å². The summed E-state index contributed by atoms with van der Waals surface area (Å²) in [5.74, 6) is 0. The summed E-state index contributed by atoms with van der Waals surface area (Å²) >= 11 is 0. The minimum absolute atomic E-state index is 0.926. The summed E-state index contributed by atoms with van der Waals surface area (Å²) in [6.45, 7) is 3.83. The molecule has 0 bridgehead atoms. The van der Waals surface area contributed by atoms with Crippen LogP contribution in [0.25, 0.3) is 43.1 Å². The van der Waals surface area contributed by atoms with Crippen LogP contribution in [-0.2, 0) is 6.42 Å². The van der Waals surface area contributed by atoms with Crippen LogP contribution in [0, 0.1) is 0 Å². The van der Waals surface area contributed by atoms with Crippen molar-refractivity contribution in [3.05, 3.63) is 133 Å². The van der Waals surface area contributed by atoms with Crippen LogP contribution in [0.1, 0.15) is 5.56 Å². The zero-order chi connectivity index (χ0) is 21.0. The molecule has 0 heteroatoms. The van der Waals surface area contributed by atoms with Gasteiger partial charge in [0.05, 0.1) is 0 Å². The monoisotopic (exact) mass is 396 g/mol. The van der Waals surface area contributed by atoms with E-state index in [1.165, 1.54) is 48.7 Å². The molecular formula is C31H24. The summed E-state index contributed by atoms with van der Waals surface area (Å²) in [4.78, 5) is 0. The van der Waals surface area contributed by atoms with Gasteiger partial charge in [-0.25, -0.2) is 0 Å². The smallest absolute Gasteiger partial charge is 0.00940 e. The van der Waals surface area contributed by atoms with Crippen LogP contribution in [0.5, 0.6) is 0 Å². The molecule has 6 aromatic carbocycles. The molecule has 0 saturated carbocycles. The molecule has 0 nitrogen and oxygen atoms in total. The average molecular weight is 397 g/mol. The van der Waals surface area contributed by atoms with Crippen molar-refractivity contribution in [2.45, 2.75) is 6.42 Å². The third-order valence-corrected chi connectivity index (χ3v) is 5.82. The highest BCUT2D eigenvalue weighted by molar-refractivity contribution is 6.00. The summed E-state index contributed by atoms with van der Waals surface area (Å²) in [5, 5.41) is 10.5. The Morgan fingerprint density at radius 2 is 0.839 bits per heavy atom. The number of rotatable bonds is 2. The van der Waals surface area contributed by atoms with E-state index in [2.05, 4.69) is 122 Å². The molecular weight excluding hydrogens is 372 g/mol. The van der Waals surface area contributed by atoms with Gasteiger partial charge in [0.2, 0.25) is 0 Å². The molecule has 0 aliphatic rings. The van der Waals surface area contributed by atoms with Gasteiger partial charge in [-0.05, 0) is 79.3 Å². The Morgan fingerprint density at radius 3 is 1.29 bits per heavy atom. The van der Waals surface area contributed by atoms with Gasteiger partial charge in [0.25, 0.3) is 0 Å². The molecule has 148 valence electrons. The second-order valence-electron chi connectivity index (χ2n) is 7.88. The lowest BCUT2D eigenvalue weighted by Gasteiger charge is -2.06. The van der Waals surface area contributed by atoms with Crippen molar-refractivity contribution >= 4 is 43.1 Å². The topological polar surface area (TPSA) is 0 Å². The largest absolute Gasteiger partial charge is 0.103 e. The highest BCUT2D eigenvalue weighted by Gasteiger charge is 2.01. The Balaban J connectivity index is 0.000000134. The Kier molecular flexibility index (Phi) is 5.21. The zero-order valence-electron chi connectivity index (χ0n) is 17.5. The molecule has 0 radical (unpaired) electrons. The molecule has 0 aliphatic carbocycles. The molecule has 0 unspecified atom stereocenters. The predicted molar refractivity (Wildman–Crippen MR) is 137 cm³/mol. The van der Waals surface area contributed by atoms with Crippen molar-refractivity contribution in [1.82, 2.24) is 0 Å². The SMILES string of the molecule is C=CCc1cccc2cc3ccccc3cc12.c1ccc2cc3ccccc3cc2c1. The highest BCUT2D eigenvalue weighted by Crippen LogP contribution is 2.26. The number of hydrogen-bond donors (Lipinski definition) is 0. The van der Waals surface area contributed by atoms with Crippen molar-refractivity contribution in [3.63, 3.8) is 0 Å². The highest BCUT2D eigenvalue weighted by atomic mass is 14.1. The number of fused-ring (bicyclic) bond motifs is 4.